The molecule has 0 unspecified atom stereocenters. The van der Waals surface area contributed by atoms with Crippen molar-refractivity contribution in [1.82, 2.24) is 0 Å². The molecule has 0 atom stereocenters. The molecule has 2 rings (SSSR count). The van der Waals surface area contributed by atoms with Gasteiger partial charge in [-0.2, -0.15) is 0 Å². The fraction of sp³-hybridized carbons (Fsp3) is 0.333. The maximum Gasteiger partial charge on any atom is 0.338 e. The lowest BCUT2D eigenvalue weighted by atomic mass is 10.2. The van der Waals surface area contributed by atoms with Crippen LogP contribution in [0, 0.1) is 6.92 Å². The molecule has 2 aromatic carbocycles. The van der Waals surface area contributed by atoms with Crippen molar-refractivity contribution in [2.75, 3.05) is 23.8 Å². The molecule has 0 saturated heterocycles. The van der Waals surface area contributed by atoms with E-state index >= 15 is 0 Å². The summed E-state index contributed by atoms with van der Waals surface area (Å²) < 4.78 is 10.8. The number of benzene rings is 2. The Bertz CT molecular complexity index is 1040. The standard InChI is InChI=1S/C24H26BrClN2O6/c1-3-4-13-33-24(32)16-5-7-17(8-6-16)27-20(29)11-12-22(31)34-14-21(30)28-19-10-9-18(25)23(26)15(19)2/h5-10H,3-4,11-14H2,1-2H3,(H,27,29)(H,28,30). The van der Waals surface area contributed by atoms with Crippen LogP contribution in [0.4, 0.5) is 11.4 Å². The van der Waals surface area contributed by atoms with Gasteiger partial charge in [0.15, 0.2) is 6.61 Å². The van der Waals surface area contributed by atoms with Gasteiger partial charge in [0.1, 0.15) is 0 Å². The fourth-order valence-corrected chi connectivity index (χ4v) is 3.31. The number of unbranched alkanes of at least 4 members (excludes halogenated alkanes) is 1. The normalized spacial score (nSPS) is 10.4. The van der Waals surface area contributed by atoms with Gasteiger partial charge in [-0.1, -0.05) is 24.9 Å². The zero-order valence-electron chi connectivity index (χ0n) is 18.9. The fourth-order valence-electron chi connectivity index (χ4n) is 2.71. The molecule has 34 heavy (non-hydrogen) atoms. The Morgan fingerprint density at radius 2 is 1.65 bits per heavy atom. The first-order chi connectivity index (χ1) is 16.2. The average molecular weight is 554 g/mol. The Kier molecular flexibility index (Phi) is 11.0. The number of hydrogen-bond acceptors (Lipinski definition) is 6. The SMILES string of the molecule is CCCCOC(=O)c1ccc(NC(=O)CCC(=O)OCC(=O)Nc2ccc(Br)c(Cl)c2C)cc1. The van der Waals surface area contributed by atoms with Gasteiger partial charge in [0.05, 0.1) is 23.6 Å². The summed E-state index contributed by atoms with van der Waals surface area (Å²) in [5.74, 6) is -2.02. The quantitative estimate of drug-likeness (QED) is 0.290. The highest BCUT2D eigenvalue weighted by Crippen LogP contribution is 2.30. The zero-order chi connectivity index (χ0) is 25.1. The van der Waals surface area contributed by atoms with E-state index in [1.807, 2.05) is 6.92 Å². The molecule has 2 N–H and O–H groups in total. The number of carbonyl (C=O) groups excluding carboxylic acids is 4. The molecule has 0 radical (unpaired) electrons. The highest BCUT2D eigenvalue weighted by molar-refractivity contribution is 9.10. The third kappa shape index (κ3) is 8.79. The van der Waals surface area contributed by atoms with Crippen molar-refractivity contribution in [3.63, 3.8) is 0 Å². The Hall–Kier alpha value is -2.91. The summed E-state index contributed by atoms with van der Waals surface area (Å²) in [6.07, 6.45) is 1.42. The van der Waals surface area contributed by atoms with Crippen molar-refractivity contribution in [3.05, 3.63) is 57.0 Å². The number of carbonyl (C=O) groups is 4. The topological polar surface area (TPSA) is 111 Å². The van der Waals surface area contributed by atoms with Crippen LogP contribution in [0.5, 0.6) is 0 Å². The average Bonchev–Trinajstić information content (AvgIpc) is 2.82. The smallest absolute Gasteiger partial charge is 0.338 e. The van der Waals surface area contributed by atoms with Crippen LogP contribution in [0.1, 0.15) is 48.5 Å². The molecule has 0 aliphatic heterocycles. The second-order valence-corrected chi connectivity index (χ2v) is 8.59. The minimum atomic E-state index is -0.680. The first-order valence-electron chi connectivity index (χ1n) is 10.7. The molecule has 0 bridgehead atoms. The van der Waals surface area contributed by atoms with Crippen LogP contribution in [0.15, 0.2) is 40.9 Å². The molecule has 0 heterocycles. The van der Waals surface area contributed by atoms with E-state index in [9.17, 15) is 19.2 Å². The second-order valence-electron chi connectivity index (χ2n) is 7.36. The van der Waals surface area contributed by atoms with Crippen LogP contribution in [-0.2, 0) is 23.9 Å². The lowest BCUT2D eigenvalue weighted by Gasteiger charge is -2.11. The number of nitrogens with one attached hydrogen (secondary N) is 2. The third-order valence-corrected chi connectivity index (χ3v) is 6.05. The van der Waals surface area contributed by atoms with Crippen LogP contribution in [0.2, 0.25) is 5.02 Å². The summed E-state index contributed by atoms with van der Waals surface area (Å²) in [5, 5.41) is 5.73. The number of esters is 2. The first-order valence-corrected chi connectivity index (χ1v) is 11.9. The molecule has 0 aromatic heterocycles. The first kappa shape index (κ1) is 27.3. The van der Waals surface area contributed by atoms with E-state index in [1.54, 1.807) is 43.3 Å². The summed E-state index contributed by atoms with van der Waals surface area (Å²) in [4.78, 5) is 47.9. The van der Waals surface area contributed by atoms with Gasteiger partial charge in [-0.15, -0.1) is 0 Å². The molecule has 0 aliphatic rings. The van der Waals surface area contributed by atoms with Crippen molar-refractivity contribution >= 4 is 62.7 Å². The maximum atomic E-state index is 12.1. The molecule has 2 aromatic rings. The minimum absolute atomic E-state index is 0.122. The van der Waals surface area contributed by atoms with E-state index in [1.165, 1.54) is 0 Å². The van der Waals surface area contributed by atoms with Gasteiger partial charge in [-0.05, 0) is 71.2 Å². The van der Waals surface area contributed by atoms with Crippen molar-refractivity contribution in [1.29, 1.82) is 0 Å². The van der Waals surface area contributed by atoms with Gasteiger partial charge in [0.25, 0.3) is 5.91 Å². The van der Waals surface area contributed by atoms with Crippen LogP contribution in [-0.4, -0.2) is 37.0 Å². The Morgan fingerprint density at radius 3 is 2.32 bits per heavy atom. The van der Waals surface area contributed by atoms with Gasteiger partial charge < -0.3 is 20.1 Å². The second kappa shape index (κ2) is 13.7. The predicted octanol–water partition coefficient (Wildman–Crippen LogP) is 5.27. The van der Waals surface area contributed by atoms with Gasteiger partial charge in [-0.25, -0.2) is 4.79 Å². The molecular formula is C24H26BrClN2O6. The minimum Gasteiger partial charge on any atom is -0.462 e. The number of amides is 2. The lowest BCUT2D eigenvalue weighted by molar-refractivity contribution is -0.147. The largest absolute Gasteiger partial charge is 0.462 e. The van der Waals surface area contributed by atoms with E-state index in [4.69, 9.17) is 21.1 Å². The molecule has 10 heteroatoms. The summed E-state index contributed by atoms with van der Waals surface area (Å²) in [7, 11) is 0. The van der Waals surface area contributed by atoms with E-state index in [-0.39, 0.29) is 12.8 Å². The Labute approximate surface area is 211 Å². The molecular weight excluding hydrogens is 528 g/mol. The summed E-state index contributed by atoms with van der Waals surface area (Å²) in [6.45, 7) is 3.64. The van der Waals surface area contributed by atoms with Crippen molar-refractivity contribution in [2.45, 2.75) is 39.5 Å². The van der Waals surface area contributed by atoms with Crippen LogP contribution < -0.4 is 10.6 Å². The molecule has 0 fully saturated rings. The molecule has 0 aliphatic carbocycles. The Balaban J connectivity index is 1.71. The molecule has 8 nitrogen and oxygen atoms in total. The molecule has 0 saturated carbocycles. The van der Waals surface area contributed by atoms with Crippen LogP contribution >= 0.6 is 27.5 Å². The summed E-state index contributed by atoms with van der Waals surface area (Å²) in [5.41, 5.74) is 2.05. The van der Waals surface area contributed by atoms with Crippen molar-refractivity contribution < 1.29 is 28.7 Å². The third-order valence-electron chi connectivity index (χ3n) is 4.67. The Morgan fingerprint density at radius 1 is 0.941 bits per heavy atom. The van der Waals surface area contributed by atoms with E-state index < -0.39 is 30.4 Å². The van der Waals surface area contributed by atoms with Gasteiger partial charge in [0, 0.05) is 22.3 Å². The van der Waals surface area contributed by atoms with Crippen molar-refractivity contribution in [3.8, 4) is 0 Å². The number of halogens is 2. The lowest BCUT2D eigenvalue weighted by Crippen LogP contribution is -2.22. The van der Waals surface area contributed by atoms with Crippen LogP contribution in [0.3, 0.4) is 0 Å². The van der Waals surface area contributed by atoms with Crippen molar-refractivity contribution in [2.24, 2.45) is 0 Å². The number of hydrogen-bond donors (Lipinski definition) is 2. The molecule has 182 valence electrons. The number of rotatable bonds is 11. The molecule has 2 amide bonds. The highest BCUT2D eigenvalue weighted by Gasteiger charge is 2.13. The summed E-state index contributed by atoms with van der Waals surface area (Å²) in [6, 6.07) is 9.63. The monoisotopic (exact) mass is 552 g/mol. The summed E-state index contributed by atoms with van der Waals surface area (Å²) >= 11 is 9.43. The van der Waals surface area contributed by atoms with Gasteiger partial charge in [0.2, 0.25) is 5.91 Å². The maximum absolute atomic E-state index is 12.1. The molecule has 0 spiro atoms. The van der Waals surface area contributed by atoms with Crippen LogP contribution in [0.25, 0.3) is 0 Å². The number of ether oxygens (including phenoxy) is 2. The zero-order valence-corrected chi connectivity index (χ0v) is 21.3. The van der Waals surface area contributed by atoms with E-state index in [0.29, 0.717) is 38.6 Å². The van der Waals surface area contributed by atoms with E-state index in [0.717, 1.165) is 12.8 Å². The van der Waals surface area contributed by atoms with E-state index in [2.05, 4.69) is 26.6 Å². The van der Waals surface area contributed by atoms with Gasteiger partial charge in [-0.3, -0.25) is 14.4 Å². The van der Waals surface area contributed by atoms with Gasteiger partial charge >= 0.3 is 11.9 Å². The number of anilines is 2. The predicted molar refractivity (Wildman–Crippen MR) is 133 cm³/mol. The highest BCUT2D eigenvalue weighted by atomic mass is 79.9.